The Morgan fingerprint density at radius 3 is 2.43 bits per heavy atom. The number of aromatic nitrogens is 3. The van der Waals surface area contributed by atoms with Gasteiger partial charge in [0.1, 0.15) is 5.75 Å². The van der Waals surface area contributed by atoms with E-state index in [0.717, 1.165) is 38.1 Å². The molecule has 0 saturated carbocycles. The van der Waals surface area contributed by atoms with Gasteiger partial charge < -0.3 is 19.2 Å². The van der Waals surface area contributed by atoms with Crippen LogP contribution in [0.3, 0.4) is 0 Å². The Kier molecular flexibility index (Phi) is 5.08. The lowest BCUT2D eigenvalue weighted by molar-refractivity contribution is 0.356. The molecule has 0 aliphatic carbocycles. The van der Waals surface area contributed by atoms with Crippen molar-refractivity contribution in [3.8, 4) is 28.5 Å². The van der Waals surface area contributed by atoms with Crippen LogP contribution in [0.5, 0.6) is 17.2 Å². The summed E-state index contributed by atoms with van der Waals surface area (Å²) in [5, 5.41) is 0.760. The molecule has 0 amide bonds. The number of imidazole rings is 1. The van der Waals surface area contributed by atoms with Gasteiger partial charge in [0.15, 0.2) is 16.7 Å². The van der Waals surface area contributed by atoms with E-state index in [4.69, 9.17) is 19.2 Å². The Bertz CT molecular complexity index is 1070. The predicted octanol–water partition coefficient (Wildman–Crippen LogP) is 4.80. The van der Waals surface area contributed by atoms with Crippen LogP contribution in [0.25, 0.3) is 22.3 Å². The van der Waals surface area contributed by atoms with Crippen molar-refractivity contribution in [3.05, 3.63) is 54.7 Å². The molecule has 0 atom stereocenters. The van der Waals surface area contributed by atoms with Crippen LogP contribution in [0.2, 0.25) is 0 Å². The van der Waals surface area contributed by atoms with Gasteiger partial charge in [0.25, 0.3) is 0 Å². The number of fused-ring (bicyclic) bond motifs is 1. The molecule has 0 unspecified atom stereocenters. The molecule has 2 aromatic heterocycles. The molecule has 6 nitrogen and oxygen atoms in total. The maximum absolute atomic E-state index is 5.41. The lowest BCUT2D eigenvalue weighted by Gasteiger charge is -2.09. The number of methoxy groups -OCH3 is 3. The van der Waals surface area contributed by atoms with Crippen LogP contribution in [0, 0.1) is 0 Å². The number of nitrogens with zero attached hydrogens (tertiary/aromatic N) is 2. The molecule has 28 heavy (non-hydrogen) atoms. The SMILES string of the molecule is COc1ccc(-c2ccccn2)c(Sc2nc3cc(OC)c(OC)cc3[nH]2)c1. The van der Waals surface area contributed by atoms with Crippen LogP contribution in [0.15, 0.2) is 64.8 Å². The number of ether oxygens (including phenoxy) is 3. The van der Waals surface area contributed by atoms with Crippen molar-refractivity contribution in [2.45, 2.75) is 10.1 Å². The molecule has 0 saturated heterocycles. The fraction of sp³-hybridized carbons (Fsp3) is 0.143. The summed E-state index contributed by atoms with van der Waals surface area (Å²) in [5.41, 5.74) is 3.60. The number of hydrogen-bond donors (Lipinski definition) is 1. The van der Waals surface area contributed by atoms with Gasteiger partial charge in [-0.05, 0) is 30.3 Å². The minimum atomic E-state index is 0.647. The molecule has 1 N–H and O–H groups in total. The number of benzene rings is 2. The zero-order chi connectivity index (χ0) is 19.5. The molecule has 0 fully saturated rings. The van der Waals surface area contributed by atoms with E-state index in [2.05, 4.69) is 9.97 Å². The van der Waals surface area contributed by atoms with Crippen LogP contribution in [-0.2, 0) is 0 Å². The summed E-state index contributed by atoms with van der Waals surface area (Å²) in [6.45, 7) is 0. The molecule has 0 aliphatic heterocycles. The second-order valence-corrected chi connectivity index (χ2v) is 6.98. The van der Waals surface area contributed by atoms with Crippen LogP contribution in [0.4, 0.5) is 0 Å². The van der Waals surface area contributed by atoms with Gasteiger partial charge in [-0.15, -0.1) is 0 Å². The maximum Gasteiger partial charge on any atom is 0.171 e. The summed E-state index contributed by atoms with van der Waals surface area (Å²) in [7, 11) is 4.89. The Balaban J connectivity index is 1.76. The van der Waals surface area contributed by atoms with E-state index in [1.165, 1.54) is 11.8 Å². The van der Waals surface area contributed by atoms with Crippen molar-refractivity contribution in [1.29, 1.82) is 0 Å². The van der Waals surface area contributed by atoms with Crippen LogP contribution >= 0.6 is 11.8 Å². The van der Waals surface area contributed by atoms with E-state index in [-0.39, 0.29) is 0 Å². The summed E-state index contributed by atoms with van der Waals surface area (Å²) in [6, 6.07) is 15.5. The highest BCUT2D eigenvalue weighted by molar-refractivity contribution is 7.99. The van der Waals surface area contributed by atoms with E-state index in [1.807, 2.05) is 48.5 Å². The zero-order valence-corrected chi connectivity index (χ0v) is 16.5. The number of hydrogen-bond acceptors (Lipinski definition) is 6. The van der Waals surface area contributed by atoms with Crippen molar-refractivity contribution >= 4 is 22.8 Å². The summed E-state index contributed by atoms with van der Waals surface area (Å²) >= 11 is 1.52. The first kappa shape index (κ1) is 18.2. The smallest absolute Gasteiger partial charge is 0.171 e. The second kappa shape index (κ2) is 7.82. The first-order valence-corrected chi connectivity index (χ1v) is 9.42. The van der Waals surface area contributed by atoms with Gasteiger partial charge in [-0.3, -0.25) is 4.98 Å². The van der Waals surface area contributed by atoms with Gasteiger partial charge >= 0.3 is 0 Å². The van der Waals surface area contributed by atoms with Crippen molar-refractivity contribution in [1.82, 2.24) is 15.0 Å². The molecule has 142 valence electrons. The Hall–Kier alpha value is -3.19. The number of nitrogens with one attached hydrogen (secondary N) is 1. The van der Waals surface area contributed by atoms with Crippen LogP contribution in [-0.4, -0.2) is 36.3 Å². The molecule has 0 bridgehead atoms. The molecule has 0 radical (unpaired) electrons. The van der Waals surface area contributed by atoms with Crippen molar-refractivity contribution < 1.29 is 14.2 Å². The van der Waals surface area contributed by atoms with Gasteiger partial charge in [0.2, 0.25) is 0 Å². The standard InChI is InChI=1S/C21H19N3O3S/c1-25-13-7-8-14(15-6-4-5-9-22-15)20(10-13)28-21-23-16-11-18(26-2)19(27-3)12-17(16)24-21/h4-12H,1-3H3,(H,23,24). The van der Waals surface area contributed by atoms with E-state index in [0.29, 0.717) is 11.5 Å². The number of aromatic amines is 1. The third kappa shape index (κ3) is 3.48. The first-order valence-electron chi connectivity index (χ1n) is 8.61. The highest BCUT2D eigenvalue weighted by Crippen LogP contribution is 2.38. The van der Waals surface area contributed by atoms with Gasteiger partial charge in [0, 0.05) is 28.8 Å². The Morgan fingerprint density at radius 2 is 1.71 bits per heavy atom. The van der Waals surface area contributed by atoms with Gasteiger partial charge in [-0.1, -0.05) is 17.8 Å². The third-order valence-corrected chi connectivity index (χ3v) is 5.25. The monoisotopic (exact) mass is 393 g/mol. The number of pyridine rings is 1. The van der Waals surface area contributed by atoms with Crippen molar-refractivity contribution in [3.63, 3.8) is 0 Å². The molecule has 7 heteroatoms. The minimum absolute atomic E-state index is 0.647. The average molecular weight is 393 g/mol. The van der Waals surface area contributed by atoms with Crippen LogP contribution in [0.1, 0.15) is 0 Å². The molecular weight excluding hydrogens is 374 g/mol. The minimum Gasteiger partial charge on any atom is -0.497 e. The molecular formula is C21H19N3O3S. The summed E-state index contributed by atoms with van der Waals surface area (Å²) < 4.78 is 16.1. The fourth-order valence-corrected chi connectivity index (χ4v) is 3.88. The highest BCUT2D eigenvalue weighted by atomic mass is 32.2. The van der Waals surface area contributed by atoms with Crippen molar-refractivity contribution in [2.75, 3.05) is 21.3 Å². The molecule has 2 aromatic carbocycles. The first-order chi connectivity index (χ1) is 13.7. The normalized spacial score (nSPS) is 10.8. The lowest BCUT2D eigenvalue weighted by Crippen LogP contribution is -1.89. The predicted molar refractivity (Wildman–Crippen MR) is 110 cm³/mol. The third-order valence-electron chi connectivity index (χ3n) is 4.30. The summed E-state index contributed by atoms with van der Waals surface area (Å²) in [6.07, 6.45) is 1.79. The summed E-state index contributed by atoms with van der Waals surface area (Å²) in [4.78, 5) is 13.5. The molecule has 0 spiro atoms. The lowest BCUT2D eigenvalue weighted by atomic mass is 10.1. The topological polar surface area (TPSA) is 69.3 Å². The zero-order valence-electron chi connectivity index (χ0n) is 15.7. The molecule has 0 aliphatic rings. The average Bonchev–Trinajstić information content (AvgIpc) is 3.14. The van der Waals surface area contributed by atoms with E-state index in [9.17, 15) is 0 Å². The van der Waals surface area contributed by atoms with Gasteiger partial charge in [-0.25, -0.2) is 4.98 Å². The van der Waals surface area contributed by atoms with E-state index >= 15 is 0 Å². The van der Waals surface area contributed by atoms with Crippen LogP contribution < -0.4 is 14.2 Å². The highest BCUT2D eigenvalue weighted by Gasteiger charge is 2.14. The van der Waals surface area contributed by atoms with E-state index < -0.39 is 0 Å². The Labute approximate surface area is 166 Å². The number of H-pyrrole nitrogens is 1. The maximum atomic E-state index is 5.41. The largest absolute Gasteiger partial charge is 0.497 e. The molecule has 4 rings (SSSR count). The second-order valence-electron chi connectivity index (χ2n) is 5.95. The number of rotatable bonds is 6. The van der Waals surface area contributed by atoms with Gasteiger partial charge in [0.05, 0.1) is 38.1 Å². The van der Waals surface area contributed by atoms with Gasteiger partial charge in [-0.2, -0.15) is 0 Å². The van der Waals surface area contributed by atoms with Crippen molar-refractivity contribution in [2.24, 2.45) is 0 Å². The molecule has 4 aromatic rings. The van der Waals surface area contributed by atoms with E-state index in [1.54, 1.807) is 27.5 Å². The fourth-order valence-electron chi connectivity index (χ4n) is 2.91. The molecule has 2 heterocycles. The quantitative estimate of drug-likeness (QED) is 0.507. The Morgan fingerprint density at radius 1 is 0.893 bits per heavy atom. The summed E-state index contributed by atoms with van der Waals surface area (Å²) in [5.74, 6) is 2.08.